The van der Waals surface area contributed by atoms with Crippen LogP contribution in [0.1, 0.15) is 5.69 Å². The highest BCUT2D eigenvalue weighted by atomic mass is 35.5. The van der Waals surface area contributed by atoms with Gasteiger partial charge in [-0.05, 0) is 12.1 Å². The summed E-state index contributed by atoms with van der Waals surface area (Å²) in [5, 5.41) is 17.3. The number of aliphatic hydroxyl groups is 1. The van der Waals surface area contributed by atoms with Crippen LogP contribution in [0.15, 0.2) is 24.3 Å². The number of benzene rings is 1. The lowest BCUT2D eigenvalue weighted by Gasteiger charge is -2.07. The number of aliphatic hydroxyl groups excluding tert-OH is 1. The van der Waals surface area contributed by atoms with E-state index in [9.17, 15) is 0 Å². The summed E-state index contributed by atoms with van der Waals surface area (Å²) in [5.74, 6) is 0.574. The molecule has 0 fully saturated rings. The van der Waals surface area contributed by atoms with Crippen molar-refractivity contribution in [2.24, 2.45) is 0 Å². The summed E-state index contributed by atoms with van der Waals surface area (Å²) in [6.45, 7) is -0.180. The Morgan fingerprint density at radius 3 is 2.33 bits per heavy atom. The molecule has 0 amide bonds. The maximum atomic E-state index is 8.83. The molecule has 2 rings (SSSR count). The fraction of sp³-hybridized carbons (Fsp3) is 0.0909. The van der Waals surface area contributed by atoms with Gasteiger partial charge in [0.2, 0.25) is 5.88 Å². The van der Waals surface area contributed by atoms with Crippen molar-refractivity contribution in [1.82, 2.24) is 10.2 Å². The number of nitrogens with zero attached hydrogens (tertiary/aromatic N) is 2. The number of rotatable bonds is 3. The number of halogens is 3. The van der Waals surface area contributed by atoms with Crippen molar-refractivity contribution in [2.75, 3.05) is 0 Å². The SMILES string of the molecule is OCc1ccc(Oc2cc(Cl)c(Cl)cc2Cl)nn1. The van der Waals surface area contributed by atoms with Gasteiger partial charge in [0.1, 0.15) is 5.75 Å². The normalized spacial score (nSPS) is 10.4. The van der Waals surface area contributed by atoms with Gasteiger partial charge < -0.3 is 9.84 Å². The fourth-order valence-electron chi connectivity index (χ4n) is 1.18. The zero-order valence-corrected chi connectivity index (χ0v) is 11.2. The van der Waals surface area contributed by atoms with Crippen LogP contribution in [-0.2, 0) is 6.61 Å². The number of hydrogen-bond donors (Lipinski definition) is 1. The maximum Gasteiger partial charge on any atom is 0.238 e. The van der Waals surface area contributed by atoms with Crippen molar-refractivity contribution >= 4 is 34.8 Å². The van der Waals surface area contributed by atoms with Gasteiger partial charge in [-0.3, -0.25) is 0 Å². The zero-order valence-electron chi connectivity index (χ0n) is 8.90. The van der Waals surface area contributed by atoms with Crippen LogP contribution in [0.4, 0.5) is 0 Å². The first-order valence-electron chi connectivity index (χ1n) is 4.86. The van der Waals surface area contributed by atoms with Gasteiger partial charge in [0.05, 0.1) is 27.4 Å². The molecule has 4 nitrogen and oxygen atoms in total. The minimum absolute atomic E-state index is 0.180. The van der Waals surface area contributed by atoms with Crippen molar-refractivity contribution in [3.63, 3.8) is 0 Å². The predicted octanol–water partition coefficient (Wildman–Crippen LogP) is 3.72. The number of hydrogen-bond acceptors (Lipinski definition) is 4. The molecule has 0 aliphatic carbocycles. The Morgan fingerprint density at radius 1 is 1.00 bits per heavy atom. The first-order valence-corrected chi connectivity index (χ1v) is 5.99. The number of ether oxygens (including phenoxy) is 1. The molecule has 0 saturated heterocycles. The van der Waals surface area contributed by atoms with Crippen LogP contribution in [0.3, 0.4) is 0 Å². The summed E-state index contributed by atoms with van der Waals surface area (Å²) in [5.41, 5.74) is 0.447. The van der Waals surface area contributed by atoms with Gasteiger partial charge in [0.15, 0.2) is 0 Å². The summed E-state index contributed by atoms with van der Waals surface area (Å²) >= 11 is 17.6. The summed E-state index contributed by atoms with van der Waals surface area (Å²) in [7, 11) is 0. The molecule has 0 atom stereocenters. The maximum absolute atomic E-state index is 8.83. The third kappa shape index (κ3) is 3.03. The second kappa shape index (κ2) is 5.71. The summed E-state index contributed by atoms with van der Waals surface area (Å²) in [6, 6.07) is 6.13. The second-order valence-electron chi connectivity index (χ2n) is 3.32. The first kappa shape index (κ1) is 13.4. The Bertz CT molecular complexity index is 561. The molecule has 2 aromatic rings. The van der Waals surface area contributed by atoms with Crippen LogP contribution in [0.2, 0.25) is 15.1 Å². The Morgan fingerprint density at radius 2 is 1.72 bits per heavy atom. The molecule has 1 heterocycles. The average Bonchev–Trinajstić information content (AvgIpc) is 2.37. The van der Waals surface area contributed by atoms with E-state index in [2.05, 4.69) is 10.2 Å². The van der Waals surface area contributed by atoms with Gasteiger partial charge in [0, 0.05) is 12.1 Å². The molecule has 94 valence electrons. The van der Waals surface area contributed by atoms with Crippen molar-refractivity contribution in [3.05, 3.63) is 45.0 Å². The Labute approximate surface area is 118 Å². The molecule has 18 heavy (non-hydrogen) atoms. The third-order valence-corrected chi connectivity index (χ3v) is 3.06. The fourth-order valence-corrected chi connectivity index (χ4v) is 1.76. The largest absolute Gasteiger partial charge is 0.436 e. The van der Waals surface area contributed by atoms with Gasteiger partial charge in [-0.25, -0.2) is 0 Å². The van der Waals surface area contributed by atoms with E-state index in [1.54, 1.807) is 12.1 Å². The molecule has 0 aliphatic heterocycles. The Balaban J connectivity index is 2.25. The van der Waals surface area contributed by atoms with Gasteiger partial charge in [-0.1, -0.05) is 34.8 Å². The molecule has 0 unspecified atom stereocenters. The predicted molar refractivity (Wildman–Crippen MR) is 69.5 cm³/mol. The third-order valence-electron chi connectivity index (χ3n) is 2.05. The van der Waals surface area contributed by atoms with Crippen molar-refractivity contribution < 1.29 is 9.84 Å². The molecule has 1 aromatic carbocycles. The molecule has 7 heteroatoms. The highest BCUT2D eigenvalue weighted by Gasteiger charge is 2.09. The van der Waals surface area contributed by atoms with E-state index in [1.807, 2.05) is 0 Å². The van der Waals surface area contributed by atoms with E-state index in [0.717, 1.165) is 0 Å². The van der Waals surface area contributed by atoms with Gasteiger partial charge in [-0.2, -0.15) is 0 Å². The van der Waals surface area contributed by atoms with E-state index in [0.29, 0.717) is 26.5 Å². The van der Waals surface area contributed by atoms with E-state index in [1.165, 1.54) is 12.1 Å². The monoisotopic (exact) mass is 304 g/mol. The average molecular weight is 306 g/mol. The smallest absolute Gasteiger partial charge is 0.238 e. The highest BCUT2D eigenvalue weighted by molar-refractivity contribution is 6.43. The summed E-state index contributed by atoms with van der Waals surface area (Å²) in [4.78, 5) is 0. The molecule has 0 spiro atoms. The minimum atomic E-state index is -0.180. The van der Waals surface area contributed by atoms with E-state index in [-0.39, 0.29) is 12.5 Å². The lowest BCUT2D eigenvalue weighted by Crippen LogP contribution is -1.95. The van der Waals surface area contributed by atoms with Crippen LogP contribution < -0.4 is 4.74 Å². The molecule has 1 N–H and O–H groups in total. The summed E-state index contributed by atoms with van der Waals surface area (Å²) < 4.78 is 5.41. The quantitative estimate of drug-likeness (QED) is 0.878. The van der Waals surface area contributed by atoms with E-state index in [4.69, 9.17) is 44.6 Å². The van der Waals surface area contributed by atoms with Crippen molar-refractivity contribution in [3.8, 4) is 11.6 Å². The van der Waals surface area contributed by atoms with Gasteiger partial charge in [0.25, 0.3) is 0 Å². The van der Waals surface area contributed by atoms with Crippen LogP contribution >= 0.6 is 34.8 Å². The van der Waals surface area contributed by atoms with Gasteiger partial charge in [-0.15, -0.1) is 10.2 Å². The van der Waals surface area contributed by atoms with Crippen LogP contribution in [-0.4, -0.2) is 15.3 Å². The molecule has 1 aromatic heterocycles. The Hall–Kier alpha value is -1.07. The zero-order chi connectivity index (χ0) is 13.1. The molecular weight excluding hydrogens is 298 g/mol. The van der Waals surface area contributed by atoms with E-state index >= 15 is 0 Å². The molecule has 0 saturated carbocycles. The molecule has 0 bridgehead atoms. The van der Waals surface area contributed by atoms with Crippen molar-refractivity contribution in [1.29, 1.82) is 0 Å². The minimum Gasteiger partial charge on any atom is -0.436 e. The second-order valence-corrected chi connectivity index (χ2v) is 4.54. The van der Waals surface area contributed by atoms with Crippen molar-refractivity contribution in [2.45, 2.75) is 6.61 Å². The van der Waals surface area contributed by atoms with Crippen LogP contribution in [0, 0.1) is 0 Å². The standard InChI is InChI=1S/C11H7Cl3N2O2/c12-7-3-9(14)10(4-8(7)13)18-11-2-1-6(5-17)15-16-11/h1-4,17H,5H2. The van der Waals surface area contributed by atoms with Gasteiger partial charge >= 0.3 is 0 Å². The lowest BCUT2D eigenvalue weighted by atomic mass is 10.3. The highest BCUT2D eigenvalue weighted by Crippen LogP contribution is 2.35. The van der Waals surface area contributed by atoms with Crippen LogP contribution in [0.5, 0.6) is 11.6 Å². The lowest BCUT2D eigenvalue weighted by molar-refractivity contribution is 0.274. The Kier molecular flexibility index (Phi) is 4.24. The summed E-state index contributed by atoms with van der Waals surface area (Å²) in [6.07, 6.45) is 0. The molecule has 0 aliphatic rings. The molecular formula is C11H7Cl3N2O2. The number of aromatic nitrogens is 2. The molecule has 0 radical (unpaired) electrons. The topological polar surface area (TPSA) is 55.2 Å². The first-order chi connectivity index (χ1) is 8.60. The van der Waals surface area contributed by atoms with Crippen LogP contribution in [0.25, 0.3) is 0 Å². The van der Waals surface area contributed by atoms with E-state index < -0.39 is 0 Å².